The zero-order valence-corrected chi connectivity index (χ0v) is 30.4. The van der Waals surface area contributed by atoms with E-state index in [4.69, 9.17) is 15.0 Å². The van der Waals surface area contributed by atoms with Crippen LogP contribution in [0.3, 0.4) is 0 Å². The summed E-state index contributed by atoms with van der Waals surface area (Å²) in [4.78, 5) is 19.8. The van der Waals surface area contributed by atoms with Crippen molar-refractivity contribution in [3.63, 3.8) is 0 Å². The van der Waals surface area contributed by atoms with Crippen LogP contribution >= 0.6 is 0 Å². The van der Waals surface area contributed by atoms with Crippen LogP contribution in [0.5, 0.6) is 0 Å². The lowest BCUT2D eigenvalue weighted by molar-refractivity contribution is 1.07. The Morgan fingerprint density at radius 1 is 0.268 bits per heavy atom. The van der Waals surface area contributed by atoms with Gasteiger partial charge >= 0.3 is 0 Å². The zero-order chi connectivity index (χ0) is 37.3. The monoisotopic (exact) mass is 714 g/mol. The summed E-state index contributed by atoms with van der Waals surface area (Å²) in [5, 5.41) is 4.69. The molecule has 0 aliphatic heterocycles. The molecule has 56 heavy (non-hydrogen) atoms. The van der Waals surface area contributed by atoms with E-state index in [1.807, 2.05) is 24.4 Å². The second kappa shape index (κ2) is 14.3. The fourth-order valence-corrected chi connectivity index (χ4v) is 7.58. The third-order valence-corrected chi connectivity index (χ3v) is 10.4. The summed E-state index contributed by atoms with van der Waals surface area (Å²) in [6.45, 7) is 0. The lowest BCUT2D eigenvalue weighted by atomic mass is 9.91. The van der Waals surface area contributed by atoms with Gasteiger partial charge in [-0.15, -0.1) is 0 Å². The zero-order valence-electron chi connectivity index (χ0n) is 30.4. The Kier molecular flexibility index (Phi) is 8.47. The molecule has 0 unspecified atom stereocenters. The molecule has 8 aromatic carbocycles. The molecule has 0 atom stereocenters. The predicted octanol–water partition coefficient (Wildman–Crippen LogP) is 13.2. The summed E-state index contributed by atoms with van der Waals surface area (Å²) >= 11 is 0. The average molecular weight is 715 g/mol. The first kappa shape index (κ1) is 33.0. The lowest BCUT2D eigenvalue weighted by Crippen LogP contribution is -2.00. The molecule has 2 aromatic heterocycles. The van der Waals surface area contributed by atoms with Crippen LogP contribution in [0, 0.1) is 0 Å². The summed E-state index contributed by atoms with van der Waals surface area (Å²) in [6.07, 6.45) is 3.67. The van der Waals surface area contributed by atoms with Gasteiger partial charge in [-0.2, -0.15) is 0 Å². The second-order valence-corrected chi connectivity index (χ2v) is 13.9. The number of rotatable bonds is 7. The van der Waals surface area contributed by atoms with Crippen molar-refractivity contribution in [1.82, 2.24) is 19.9 Å². The Morgan fingerprint density at radius 3 is 1.38 bits per heavy atom. The first-order chi connectivity index (χ1) is 27.7. The highest BCUT2D eigenvalue weighted by Gasteiger charge is 2.16. The molecule has 0 saturated carbocycles. The Hall–Kier alpha value is -7.56. The number of pyridine rings is 1. The normalized spacial score (nSPS) is 11.2. The predicted molar refractivity (Wildman–Crippen MR) is 231 cm³/mol. The van der Waals surface area contributed by atoms with E-state index in [2.05, 4.69) is 181 Å². The molecule has 0 N–H and O–H groups in total. The summed E-state index contributed by atoms with van der Waals surface area (Å²) in [5.41, 5.74) is 11.8. The molecule has 0 saturated heterocycles. The van der Waals surface area contributed by atoms with Crippen molar-refractivity contribution in [1.29, 1.82) is 0 Å². The molecule has 262 valence electrons. The third kappa shape index (κ3) is 6.40. The summed E-state index contributed by atoms with van der Waals surface area (Å²) in [7, 11) is 0. The number of fused-ring (bicyclic) bond motifs is 2. The molecule has 0 radical (unpaired) electrons. The molecule has 0 fully saturated rings. The standard InChI is InChI=1S/C52H34N4/c1-3-12-35(13-4-1)39-25-23-36-24-26-43(33-45(36)31-39)52-55-50(41-18-9-16-38(30-41)44-20-11-29-53-34-44)54-51(56-52)42-19-10-17-40(32-42)47-28-27-46(37-14-5-2-6-15-37)48-21-7-8-22-49(47)48/h1-34H. The van der Waals surface area contributed by atoms with E-state index >= 15 is 0 Å². The van der Waals surface area contributed by atoms with Gasteiger partial charge in [-0.1, -0.05) is 164 Å². The maximum Gasteiger partial charge on any atom is 0.164 e. The smallest absolute Gasteiger partial charge is 0.164 e. The average Bonchev–Trinajstić information content (AvgIpc) is 3.29. The first-order valence-corrected chi connectivity index (χ1v) is 18.8. The molecular weight excluding hydrogens is 681 g/mol. The van der Waals surface area contributed by atoms with Gasteiger partial charge in [0.2, 0.25) is 0 Å². The van der Waals surface area contributed by atoms with Gasteiger partial charge in [0.1, 0.15) is 0 Å². The minimum atomic E-state index is 0.608. The van der Waals surface area contributed by atoms with Gasteiger partial charge in [-0.25, -0.2) is 15.0 Å². The number of nitrogens with zero attached hydrogens (tertiary/aromatic N) is 4. The molecule has 10 aromatic rings. The van der Waals surface area contributed by atoms with Gasteiger partial charge in [0.15, 0.2) is 17.5 Å². The molecule has 0 amide bonds. The van der Waals surface area contributed by atoms with Crippen LogP contribution in [-0.4, -0.2) is 19.9 Å². The summed E-state index contributed by atoms with van der Waals surface area (Å²) in [6, 6.07) is 68.1. The van der Waals surface area contributed by atoms with Gasteiger partial charge in [-0.3, -0.25) is 4.98 Å². The third-order valence-electron chi connectivity index (χ3n) is 10.4. The van der Waals surface area contributed by atoms with E-state index in [-0.39, 0.29) is 0 Å². The minimum Gasteiger partial charge on any atom is -0.264 e. The van der Waals surface area contributed by atoms with E-state index in [1.54, 1.807) is 6.20 Å². The number of benzene rings is 8. The molecular formula is C52H34N4. The first-order valence-electron chi connectivity index (χ1n) is 18.8. The van der Waals surface area contributed by atoms with Crippen LogP contribution in [-0.2, 0) is 0 Å². The Bertz CT molecular complexity index is 3010. The van der Waals surface area contributed by atoms with Crippen LogP contribution in [0.4, 0.5) is 0 Å². The van der Waals surface area contributed by atoms with E-state index in [0.29, 0.717) is 17.5 Å². The molecule has 10 rings (SSSR count). The molecule has 0 bridgehead atoms. The number of hydrogen-bond donors (Lipinski definition) is 0. The summed E-state index contributed by atoms with van der Waals surface area (Å²) < 4.78 is 0. The van der Waals surface area contributed by atoms with Crippen molar-refractivity contribution in [2.45, 2.75) is 0 Å². The van der Waals surface area contributed by atoms with E-state index in [9.17, 15) is 0 Å². The van der Waals surface area contributed by atoms with Crippen LogP contribution in [0.1, 0.15) is 0 Å². The molecule has 0 aliphatic carbocycles. The van der Waals surface area contributed by atoms with Gasteiger partial charge in [0, 0.05) is 34.6 Å². The van der Waals surface area contributed by atoms with Crippen molar-refractivity contribution >= 4 is 21.5 Å². The highest BCUT2D eigenvalue weighted by atomic mass is 15.0. The van der Waals surface area contributed by atoms with Gasteiger partial charge in [-0.05, 0) is 90.8 Å². The quantitative estimate of drug-likeness (QED) is 0.165. The van der Waals surface area contributed by atoms with E-state index in [0.717, 1.165) is 49.7 Å². The van der Waals surface area contributed by atoms with Gasteiger partial charge < -0.3 is 0 Å². The van der Waals surface area contributed by atoms with Crippen LogP contribution in [0.15, 0.2) is 207 Å². The SMILES string of the molecule is c1ccc(-c2ccc3ccc(-c4nc(-c5cccc(-c6cccnc6)c5)nc(-c5cccc(-c6ccc(-c7ccccc7)c7ccccc67)c5)n4)cc3c2)cc1. The highest BCUT2D eigenvalue weighted by molar-refractivity contribution is 6.05. The fraction of sp³-hybridized carbons (Fsp3) is 0. The summed E-state index contributed by atoms with van der Waals surface area (Å²) in [5.74, 6) is 1.84. The topological polar surface area (TPSA) is 51.6 Å². The van der Waals surface area contributed by atoms with Crippen LogP contribution in [0.2, 0.25) is 0 Å². The van der Waals surface area contributed by atoms with Gasteiger partial charge in [0.25, 0.3) is 0 Å². The lowest BCUT2D eigenvalue weighted by Gasteiger charge is -2.14. The molecule has 0 aliphatic rings. The highest BCUT2D eigenvalue weighted by Crippen LogP contribution is 2.37. The van der Waals surface area contributed by atoms with Crippen molar-refractivity contribution in [2.75, 3.05) is 0 Å². The van der Waals surface area contributed by atoms with Crippen LogP contribution in [0.25, 0.3) is 100 Å². The second-order valence-electron chi connectivity index (χ2n) is 13.9. The van der Waals surface area contributed by atoms with Crippen LogP contribution < -0.4 is 0 Å². The molecule has 0 spiro atoms. The van der Waals surface area contributed by atoms with E-state index in [1.165, 1.54) is 33.0 Å². The Morgan fingerprint density at radius 2 is 0.732 bits per heavy atom. The number of aromatic nitrogens is 4. The van der Waals surface area contributed by atoms with Crippen molar-refractivity contribution < 1.29 is 0 Å². The Balaban J connectivity index is 1.12. The van der Waals surface area contributed by atoms with Crippen molar-refractivity contribution in [2.24, 2.45) is 0 Å². The largest absolute Gasteiger partial charge is 0.264 e. The minimum absolute atomic E-state index is 0.608. The van der Waals surface area contributed by atoms with E-state index < -0.39 is 0 Å². The molecule has 4 heteroatoms. The van der Waals surface area contributed by atoms with Crippen molar-refractivity contribution in [3.05, 3.63) is 207 Å². The molecule has 4 nitrogen and oxygen atoms in total. The molecule has 2 heterocycles. The maximum absolute atomic E-state index is 5.19. The number of hydrogen-bond acceptors (Lipinski definition) is 4. The Labute approximate surface area is 325 Å². The fourth-order valence-electron chi connectivity index (χ4n) is 7.58. The maximum atomic E-state index is 5.19. The van der Waals surface area contributed by atoms with Crippen molar-refractivity contribution in [3.8, 4) is 78.7 Å². The van der Waals surface area contributed by atoms with Gasteiger partial charge in [0.05, 0.1) is 0 Å².